The van der Waals surface area contributed by atoms with E-state index in [2.05, 4.69) is 5.32 Å². The molecule has 2 aromatic heterocycles. The van der Waals surface area contributed by atoms with Crippen LogP contribution in [0.3, 0.4) is 0 Å². The normalized spacial score (nSPS) is 21.7. The number of nitrogens with one attached hydrogen (secondary N) is 1. The van der Waals surface area contributed by atoms with Crippen molar-refractivity contribution in [3.8, 4) is 0 Å². The molecule has 3 atom stereocenters. The maximum absolute atomic E-state index is 13.7. The van der Waals surface area contributed by atoms with E-state index < -0.39 is 23.7 Å². The molecule has 7 nitrogen and oxygen atoms in total. The van der Waals surface area contributed by atoms with E-state index in [1.54, 1.807) is 36.2 Å². The largest absolute Gasteiger partial charge is 0.478 e. The zero-order valence-corrected chi connectivity index (χ0v) is 18.5. The molecular formula is C24H24F2N4O3. The number of rotatable bonds is 5. The van der Waals surface area contributed by atoms with E-state index in [1.165, 1.54) is 10.5 Å². The van der Waals surface area contributed by atoms with Crippen molar-refractivity contribution in [2.75, 3.05) is 23.3 Å². The number of aryl methyl sites for hydroxylation is 1. The number of anilines is 2. The number of carboxylic acid groups (broad SMARTS) is 1. The van der Waals surface area contributed by atoms with E-state index >= 15 is 0 Å². The van der Waals surface area contributed by atoms with Gasteiger partial charge in [0.25, 0.3) is 11.5 Å². The first-order valence-electron chi connectivity index (χ1n) is 10.8. The highest BCUT2D eigenvalue weighted by molar-refractivity contribution is 5.94. The average molecular weight is 454 g/mol. The Morgan fingerprint density at radius 1 is 1.24 bits per heavy atom. The number of alkyl halides is 2. The highest BCUT2D eigenvalue weighted by atomic mass is 19.3. The Bertz CT molecular complexity index is 1340. The summed E-state index contributed by atoms with van der Waals surface area (Å²) in [6, 6.07) is 8.13. The summed E-state index contributed by atoms with van der Waals surface area (Å²) in [6.07, 6.45) is 1.71. The van der Waals surface area contributed by atoms with E-state index in [0.29, 0.717) is 28.3 Å². The number of benzene rings is 1. The summed E-state index contributed by atoms with van der Waals surface area (Å²) in [5, 5.41) is 12.7. The highest BCUT2D eigenvalue weighted by Crippen LogP contribution is 2.59. The molecule has 0 amide bonds. The molecule has 2 N–H and O–H groups in total. The number of aromatic nitrogens is 2. The van der Waals surface area contributed by atoms with Crippen LogP contribution in [0.2, 0.25) is 0 Å². The lowest BCUT2D eigenvalue weighted by atomic mass is 10.1. The van der Waals surface area contributed by atoms with Crippen molar-refractivity contribution < 1.29 is 18.7 Å². The smallest absolute Gasteiger partial charge is 0.337 e. The Morgan fingerprint density at radius 2 is 1.91 bits per heavy atom. The number of para-hydroxylation sites is 1. The van der Waals surface area contributed by atoms with Gasteiger partial charge in [-0.1, -0.05) is 12.1 Å². The zero-order valence-electron chi connectivity index (χ0n) is 18.5. The maximum Gasteiger partial charge on any atom is 0.337 e. The number of halogens is 2. The van der Waals surface area contributed by atoms with E-state index in [1.807, 2.05) is 19.9 Å². The number of pyridine rings is 1. The molecule has 2 unspecified atom stereocenters. The van der Waals surface area contributed by atoms with Crippen LogP contribution in [0.25, 0.3) is 5.65 Å². The van der Waals surface area contributed by atoms with Gasteiger partial charge in [0.05, 0.1) is 29.0 Å². The molecule has 3 aromatic rings. The van der Waals surface area contributed by atoms with E-state index in [-0.39, 0.29) is 30.3 Å². The predicted octanol–water partition coefficient (Wildman–Crippen LogP) is 3.88. The van der Waals surface area contributed by atoms with Gasteiger partial charge < -0.3 is 15.3 Å². The SMILES string of the molecule is Cc1cc([C@@H](C)Nc2ccccc2C(=O)O)c2nc(N3CC4C(C3)C4(F)F)c(C)c(=O)n2c1. The van der Waals surface area contributed by atoms with Crippen LogP contribution in [0, 0.1) is 25.7 Å². The van der Waals surface area contributed by atoms with Crippen LogP contribution in [-0.4, -0.2) is 39.5 Å². The van der Waals surface area contributed by atoms with Gasteiger partial charge in [-0.25, -0.2) is 18.6 Å². The van der Waals surface area contributed by atoms with E-state index in [9.17, 15) is 23.5 Å². The van der Waals surface area contributed by atoms with Crippen molar-refractivity contribution >= 4 is 23.1 Å². The summed E-state index contributed by atoms with van der Waals surface area (Å²) in [6.45, 7) is 5.77. The van der Waals surface area contributed by atoms with E-state index in [0.717, 1.165) is 5.56 Å². The van der Waals surface area contributed by atoms with Crippen molar-refractivity contribution in [1.82, 2.24) is 9.38 Å². The maximum atomic E-state index is 13.7. The molecule has 9 heteroatoms. The quantitative estimate of drug-likeness (QED) is 0.609. The van der Waals surface area contributed by atoms with Crippen molar-refractivity contribution in [1.29, 1.82) is 0 Å². The van der Waals surface area contributed by atoms with E-state index in [4.69, 9.17) is 4.98 Å². The Labute approximate surface area is 188 Å². The fourth-order valence-corrected chi connectivity index (χ4v) is 4.90. The van der Waals surface area contributed by atoms with Crippen LogP contribution in [0.15, 0.2) is 41.3 Å². The number of aromatic carboxylic acids is 1. The van der Waals surface area contributed by atoms with Crippen molar-refractivity contribution in [3.63, 3.8) is 0 Å². The molecule has 1 saturated heterocycles. The summed E-state index contributed by atoms with van der Waals surface area (Å²) in [4.78, 5) is 31.4. The third kappa shape index (κ3) is 3.34. The van der Waals surface area contributed by atoms with Gasteiger partial charge >= 0.3 is 5.97 Å². The molecule has 172 valence electrons. The Morgan fingerprint density at radius 3 is 2.58 bits per heavy atom. The van der Waals surface area contributed by atoms with Crippen molar-refractivity contribution in [2.24, 2.45) is 11.8 Å². The summed E-state index contributed by atoms with van der Waals surface area (Å²) in [7, 11) is 0. The van der Waals surface area contributed by atoms with Gasteiger partial charge in [-0.05, 0) is 44.5 Å². The lowest BCUT2D eigenvalue weighted by Gasteiger charge is -2.24. The molecule has 3 heterocycles. The minimum atomic E-state index is -2.62. The third-order valence-electron chi connectivity index (χ3n) is 6.78. The molecule has 2 aliphatic rings. The molecule has 0 spiro atoms. The monoisotopic (exact) mass is 454 g/mol. The number of hydrogen-bond acceptors (Lipinski definition) is 5. The van der Waals surface area contributed by atoms with Gasteiger partial charge in [-0.2, -0.15) is 0 Å². The van der Waals surface area contributed by atoms with Crippen LogP contribution >= 0.6 is 0 Å². The van der Waals surface area contributed by atoms with Crippen LogP contribution in [0.1, 0.15) is 40.0 Å². The summed E-state index contributed by atoms with van der Waals surface area (Å²) >= 11 is 0. The van der Waals surface area contributed by atoms with Gasteiger partial charge in [0.15, 0.2) is 0 Å². The highest BCUT2D eigenvalue weighted by Gasteiger charge is 2.71. The fraction of sp³-hybridized carbons (Fsp3) is 0.375. The Hall–Kier alpha value is -3.49. The summed E-state index contributed by atoms with van der Waals surface area (Å²) in [5.74, 6) is -4.58. The number of fused-ring (bicyclic) bond motifs is 2. The first kappa shape index (κ1) is 21.4. The molecule has 1 aliphatic carbocycles. The van der Waals surface area contributed by atoms with Gasteiger partial charge in [0, 0.05) is 30.5 Å². The number of hydrogen-bond donors (Lipinski definition) is 2. The van der Waals surface area contributed by atoms with Crippen molar-refractivity contribution in [2.45, 2.75) is 32.7 Å². The molecule has 0 radical (unpaired) electrons. The fourth-order valence-electron chi connectivity index (χ4n) is 4.90. The van der Waals surface area contributed by atoms with Gasteiger partial charge in [0.2, 0.25) is 0 Å². The van der Waals surface area contributed by atoms with Gasteiger partial charge in [0.1, 0.15) is 11.5 Å². The average Bonchev–Trinajstić information content (AvgIpc) is 3.10. The number of carboxylic acids is 1. The standard InChI is InChI=1S/C24H24F2N4O3/c1-12-8-16(14(3)27-19-7-5-4-6-15(19)23(32)33)21-28-20(13(2)22(31)30(21)9-12)29-10-17-18(11-29)24(17,25)26/h4-9,14,17-18,27H,10-11H2,1-3H3,(H,32,33)/t14-,17?,18?/m1/s1. The minimum Gasteiger partial charge on any atom is -0.478 e. The van der Waals surface area contributed by atoms with Crippen LogP contribution in [0.5, 0.6) is 0 Å². The third-order valence-corrected chi connectivity index (χ3v) is 6.78. The molecule has 1 saturated carbocycles. The minimum absolute atomic E-state index is 0.139. The molecular weight excluding hydrogens is 430 g/mol. The first-order valence-corrected chi connectivity index (χ1v) is 10.8. The topological polar surface area (TPSA) is 86.9 Å². The second-order valence-electron chi connectivity index (χ2n) is 9.04. The van der Waals surface area contributed by atoms with Crippen LogP contribution in [-0.2, 0) is 0 Å². The molecule has 1 aliphatic heterocycles. The number of piperidine rings is 1. The Kier molecular flexibility index (Phi) is 4.70. The molecule has 2 fully saturated rings. The number of carbonyl (C=O) groups is 1. The predicted molar refractivity (Wildman–Crippen MR) is 121 cm³/mol. The van der Waals surface area contributed by atoms with Gasteiger partial charge in [-0.15, -0.1) is 0 Å². The van der Waals surface area contributed by atoms with Gasteiger partial charge in [-0.3, -0.25) is 9.20 Å². The van der Waals surface area contributed by atoms with Crippen LogP contribution in [0.4, 0.5) is 20.3 Å². The summed E-state index contributed by atoms with van der Waals surface area (Å²) < 4.78 is 28.9. The molecule has 33 heavy (non-hydrogen) atoms. The van der Waals surface area contributed by atoms with Crippen molar-refractivity contribution in [3.05, 3.63) is 69.1 Å². The zero-order chi connectivity index (χ0) is 23.7. The lowest BCUT2D eigenvalue weighted by molar-refractivity contribution is 0.0697. The molecule has 0 bridgehead atoms. The summed E-state index contributed by atoms with van der Waals surface area (Å²) in [5.41, 5.74) is 2.75. The molecule has 5 rings (SSSR count). The second-order valence-corrected chi connectivity index (χ2v) is 9.04. The first-order chi connectivity index (χ1) is 15.6. The second kappa shape index (κ2) is 7.26. The number of nitrogens with zero attached hydrogens (tertiary/aromatic N) is 3. The lowest BCUT2D eigenvalue weighted by Crippen LogP contribution is -2.32. The van der Waals surface area contributed by atoms with Crippen LogP contribution < -0.4 is 15.8 Å². The Balaban J connectivity index is 1.57. The molecule has 1 aromatic carbocycles.